The number of rotatable bonds is 5. The Morgan fingerprint density at radius 2 is 1.83 bits per heavy atom. The molecule has 35 heavy (non-hydrogen) atoms. The molecule has 0 spiro atoms. The van der Waals surface area contributed by atoms with E-state index in [0.717, 1.165) is 35.5 Å². The van der Waals surface area contributed by atoms with Gasteiger partial charge >= 0.3 is 6.03 Å². The lowest BCUT2D eigenvalue weighted by Crippen LogP contribution is -2.46. The largest absolute Gasteiger partial charge is 0.375 e. The molecule has 180 valence electrons. The van der Waals surface area contributed by atoms with E-state index in [1.165, 1.54) is 0 Å². The van der Waals surface area contributed by atoms with Gasteiger partial charge < -0.3 is 25.2 Å². The third kappa shape index (κ3) is 5.41. The maximum Gasteiger partial charge on any atom is 0.322 e. The van der Waals surface area contributed by atoms with Crippen LogP contribution < -0.4 is 15.5 Å². The van der Waals surface area contributed by atoms with Crippen LogP contribution in [0.25, 0.3) is 11.1 Å². The molecule has 1 aromatic carbocycles. The second-order valence-electron chi connectivity index (χ2n) is 8.77. The lowest BCUT2D eigenvalue weighted by Gasteiger charge is -2.31. The van der Waals surface area contributed by atoms with Gasteiger partial charge in [-0.15, -0.1) is 0 Å². The van der Waals surface area contributed by atoms with Gasteiger partial charge in [0.1, 0.15) is 5.82 Å². The van der Waals surface area contributed by atoms with Gasteiger partial charge in [0.25, 0.3) is 0 Å². The summed E-state index contributed by atoms with van der Waals surface area (Å²) in [6, 6.07) is 13.5. The molecule has 5 rings (SSSR count). The molecule has 1 atom stereocenters. The maximum atomic E-state index is 12.5. The molecule has 2 saturated heterocycles. The summed E-state index contributed by atoms with van der Waals surface area (Å²) in [6.07, 6.45) is 6.66. The molecule has 3 amide bonds. The van der Waals surface area contributed by atoms with Crippen molar-refractivity contribution in [2.75, 3.05) is 41.8 Å². The quantitative estimate of drug-likeness (QED) is 0.575. The highest BCUT2D eigenvalue weighted by molar-refractivity contribution is 5.95. The highest BCUT2D eigenvalue weighted by Gasteiger charge is 2.22. The molecule has 0 radical (unpaired) electrons. The van der Waals surface area contributed by atoms with E-state index in [2.05, 4.69) is 20.6 Å². The average molecular weight is 473 g/mol. The predicted octanol–water partition coefficient (Wildman–Crippen LogP) is 4.27. The smallest absolute Gasteiger partial charge is 0.322 e. The Balaban J connectivity index is 1.21. The molecule has 0 aliphatic carbocycles. The van der Waals surface area contributed by atoms with Gasteiger partial charge in [-0.3, -0.25) is 9.78 Å². The van der Waals surface area contributed by atoms with Crippen LogP contribution in [0.3, 0.4) is 0 Å². The minimum atomic E-state index is -0.165. The molecule has 3 aromatic rings. The zero-order chi connectivity index (χ0) is 24.2. The van der Waals surface area contributed by atoms with E-state index in [9.17, 15) is 9.59 Å². The van der Waals surface area contributed by atoms with E-state index in [0.29, 0.717) is 37.6 Å². The van der Waals surface area contributed by atoms with Crippen LogP contribution in [0, 0.1) is 0 Å². The number of aromatic nitrogens is 2. The Hall–Kier alpha value is -3.98. The van der Waals surface area contributed by atoms with Gasteiger partial charge in [-0.25, -0.2) is 9.78 Å². The molecule has 0 saturated carbocycles. The number of hydrogen-bond acceptors (Lipinski definition) is 6. The molecule has 0 bridgehead atoms. The Kier molecular flexibility index (Phi) is 6.58. The molecule has 2 N–H and O–H groups in total. The average Bonchev–Trinajstić information content (AvgIpc) is 3.31. The Labute approximate surface area is 204 Å². The van der Waals surface area contributed by atoms with Gasteiger partial charge in [0, 0.05) is 43.5 Å². The molecule has 4 heterocycles. The standard InChI is InChI=1S/C26H28N6O3/c1-18-17-31(11-12-35-18)26(34)30-22-13-21(15-27-16-22)29-24-9-6-20(14-28-24)19-4-7-23(8-5-19)32-10-2-3-25(32)33/h4-9,13-16,18H,2-3,10-12,17H2,1H3,(H,28,29)(H,30,34). The van der Waals surface area contributed by atoms with E-state index < -0.39 is 0 Å². The van der Waals surface area contributed by atoms with E-state index >= 15 is 0 Å². The predicted molar refractivity (Wildman–Crippen MR) is 135 cm³/mol. The highest BCUT2D eigenvalue weighted by Crippen LogP contribution is 2.27. The normalized spacial score (nSPS) is 18.0. The summed E-state index contributed by atoms with van der Waals surface area (Å²) in [5.74, 6) is 0.851. The van der Waals surface area contributed by atoms with Crippen molar-refractivity contribution in [3.05, 3.63) is 61.1 Å². The SMILES string of the molecule is CC1CN(C(=O)Nc2cncc(Nc3ccc(-c4ccc(N5CCCC5=O)cc4)cn3)c2)CCO1. The van der Waals surface area contributed by atoms with E-state index in [1.54, 1.807) is 23.5 Å². The van der Waals surface area contributed by atoms with Gasteiger partial charge in [0.05, 0.1) is 36.5 Å². The van der Waals surface area contributed by atoms with Gasteiger partial charge in [0.2, 0.25) is 5.91 Å². The number of ether oxygens (including phenoxy) is 1. The zero-order valence-corrected chi connectivity index (χ0v) is 19.6. The molecule has 2 aliphatic heterocycles. The van der Waals surface area contributed by atoms with Crippen LogP contribution in [0.5, 0.6) is 0 Å². The number of anilines is 4. The fourth-order valence-corrected chi connectivity index (χ4v) is 4.32. The number of benzene rings is 1. The second-order valence-corrected chi connectivity index (χ2v) is 8.77. The summed E-state index contributed by atoms with van der Waals surface area (Å²) in [5, 5.41) is 6.13. The van der Waals surface area contributed by atoms with Crippen LogP contribution in [-0.4, -0.2) is 59.2 Å². The maximum absolute atomic E-state index is 12.5. The first-order valence-electron chi connectivity index (χ1n) is 11.8. The van der Waals surface area contributed by atoms with Gasteiger partial charge in [-0.2, -0.15) is 0 Å². The molecule has 9 heteroatoms. The van der Waals surface area contributed by atoms with Crippen molar-refractivity contribution in [1.29, 1.82) is 0 Å². The summed E-state index contributed by atoms with van der Waals surface area (Å²) >= 11 is 0. The monoisotopic (exact) mass is 472 g/mol. The van der Waals surface area contributed by atoms with E-state index in [1.807, 2.05) is 54.3 Å². The first-order chi connectivity index (χ1) is 17.0. The fraction of sp³-hybridized carbons (Fsp3) is 0.308. The number of morpholine rings is 1. The molecule has 2 fully saturated rings. The van der Waals surface area contributed by atoms with Crippen molar-refractivity contribution >= 4 is 34.8 Å². The summed E-state index contributed by atoms with van der Waals surface area (Å²) in [4.78, 5) is 36.8. The van der Waals surface area contributed by atoms with Crippen molar-refractivity contribution in [2.24, 2.45) is 0 Å². The molecule has 2 aliphatic rings. The number of urea groups is 1. The van der Waals surface area contributed by atoms with Gasteiger partial charge in [-0.1, -0.05) is 12.1 Å². The van der Waals surface area contributed by atoms with Crippen molar-refractivity contribution in [1.82, 2.24) is 14.9 Å². The van der Waals surface area contributed by atoms with Crippen LogP contribution in [0.15, 0.2) is 61.1 Å². The zero-order valence-electron chi connectivity index (χ0n) is 19.6. The number of nitrogens with one attached hydrogen (secondary N) is 2. The summed E-state index contributed by atoms with van der Waals surface area (Å²) in [5.41, 5.74) is 4.27. The van der Waals surface area contributed by atoms with Gasteiger partial charge in [-0.05, 0) is 49.2 Å². The Morgan fingerprint density at radius 3 is 2.54 bits per heavy atom. The number of amides is 3. The lowest BCUT2D eigenvalue weighted by molar-refractivity contribution is -0.117. The first-order valence-corrected chi connectivity index (χ1v) is 11.8. The van der Waals surface area contributed by atoms with E-state index in [-0.39, 0.29) is 18.0 Å². The van der Waals surface area contributed by atoms with Crippen molar-refractivity contribution < 1.29 is 14.3 Å². The van der Waals surface area contributed by atoms with E-state index in [4.69, 9.17) is 4.74 Å². The molecule has 1 unspecified atom stereocenters. The third-order valence-electron chi connectivity index (χ3n) is 6.14. The summed E-state index contributed by atoms with van der Waals surface area (Å²) in [7, 11) is 0. The molecular formula is C26H28N6O3. The number of nitrogens with zero attached hydrogens (tertiary/aromatic N) is 4. The third-order valence-corrected chi connectivity index (χ3v) is 6.14. The van der Waals surface area contributed by atoms with Crippen molar-refractivity contribution in [2.45, 2.75) is 25.9 Å². The van der Waals surface area contributed by atoms with Gasteiger partial charge in [0.15, 0.2) is 0 Å². The number of hydrogen-bond donors (Lipinski definition) is 2. The Bertz CT molecular complexity index is 1200. The summed E-state index contributed by atoms with van der Waals surface area (Å²) in [6.45, 7) is 4.41. The minimum Gasteiger partial charge on any atom is -0.375 e. The molecular weight excluding hydrogens is 444 g/mol. The molecule has 9 nitrogen and oxygen atoms in total. The fourth-order valence-electron chi connectivity index (χ4n) is 4.32. The van der Waals surface area contributed by atoms with Crippen molar-refractivity contribution in [3.8, 4) is 11.1 Å². The number of pyridine rings is 2. The summed E-state index contributed by atoms with van der Waals surface area (Å²) < 4.78 is 5.50. The molecule has 2 aromatic heterocycles. The van der Waals surface area contributed by atoms with Crippen LogP contribution >= 0.6 is 0 Å². The Morgan fingerprint density at radius 1 is 1.03 bits per heavy atom. The highest BCUT2D eigenvalue weighted by atomic mass is 16.5. The minimum absolute atomic E-state index is 0.0295. The first kappa shape index (κ1) is 22.8. The number of carbonyl (C=O) groups is 2. The van der Waals surface area contributed by atoms with Crippen LogP contribution in [0.2, 0.25) is 0 Å². The van der Waals surface area contributed by atoms with Crippen LogP contribution in [-0.2, 0) is 9.53 Å². The number of carbonyl (C=O) groups excluding carboxylic acids is 2. The van der Waals surface area contributed by atoms with Crippen molar-refractivity contribution in [3.63, 3.8) is 0 Å². The topological polar surface area (TPSA) is 99.7 Å². The lowest BCUT2D eigenvalue weighted by atomic mass is 10.1. The second kappa shape index (κ2) is 10.1. The van der Waals surface area contributed by atoms with Crippen LogP contribution in [0.4, 0.5) is 27.7 Å². The van der Waals surface area contributed by atoms with Crippen LogP contribution in [0.1, 0.15) is 19.8 Å².